The lowest BCUT2D eigenvalue weighted by molar-refractivity contribution is -0.169. The molecule has 0 aromatic rings. The van der Waals surface area contributed by atoms with Gasteiger partial charge in [0.15, 0.2) is 0 Å². The Bertz CT molecular complexity index is 422. The molecule has 0 aromatic heterocycles. The molecule has 28 heavy (non-hydrogen) atoms. The average molecular weight is 403 g/mol. The smallest absolute Gasteiger partial charge is 0.312 e. The van der Waals surface area contributed by atoms with E-state index in [0.29, 0.717) is 19.6 Å². The molecule has 0 bridgehead atoms. The minimum Gasteiger partial charge on any atom is -0.481 e. The predicted octanol–water partition coefficient (Wildman–Crippen LogP) is 3.57. The number of hydrogen-bond acceptors (Lipinski definition) is 6. The molecular weight excluding hydrogens is 364 g/mol. The number of ether oxygens (including phenoxy) is 2. The second-order valence-corrected chi connectivity index (χ2v) is 7.30. The fourth-order valence-corrected chi connectivity index (χ4v) is 2.59. The first-order valence-electron chi connectivity index (χ1n) is 10.6. The first-order chi connectivity index (χ1) is 13.4. The first-order valence-corrected chi connectivity index (χ1v) is 10.6. The molecule has 0 saturated carbocycles. The number of carbonyl (C=O) groups is 3. The molecule has 0 spiro atoms. The van der Waals surface area contributed by atoms with E-state index < -0.39 is 11.9 Å². The molecule has 2 heterocycles. The Balaban J connectivity index is 0.000000391. The topological polar surface area (TPSA) is 110 Å². The normalized spacial score (nSPS) is 20.7. The van der Waals surface area contributed by atoms with Crippen molar-refractivity contribution in [2.45, 2.75) is 78.6 Å². The molecule has 2 fully saturated rings. The third kappa shape index (κ3) is 11.3. The molecule has 7 nitrogen and oxygen atoms in total. The van der Waals surface area contributed by atoms with Crippen LogP contribution in [0.3, 0.4) is 0 Å². The number of aliphatic carboxylic acids is 1. The van der Waals surface area contributed by atoms with Gasteiger partial charge in [-0.15, -0.1) is 0 Å². The lowest BCUT2D eigenvalue weighted by Gasteiger charge is -2.23. The van der Waals surface area contributed by atoms with Gasteiger partial charge in [-0.3, -0.25) is 14.4 Å². The highest BCUT2D eigenvalue weighted by molar-refractivity contribution is 5.77. The number of carboxylic acids is 1. The number of esters is 2. The SMILES string of the molecule is CCCCC1COC1=O.CCCC[C@@H](CO)C(=O)O.CCCC[C@@H]1COC1=O. The highest BCUT2D eigenvalue weighted by Gasteiger charge is 2.29. The fourth-order valence-electron chi connectivity index (χ4n) is 2.59. The van der Waals surface area contributed by atoms with Crippen LogP contribution in [0.4, 0.5) is 0 Å². The van der Waals surface area contributed by atoms with Crippen molar-refractivity contribution in [3.8, 4) is 0 Å². The van der Waals surface area contributed by atoms with Gasteiger partial charge in [0.05, 0.1) is 24.4 Å². The van der Waals surface area contributed by atoms with Gasteiger partial charge >= 0.3 is 17.9 Å². The summed E-state index contributed by atoms with van der Waals surface area (Å²) in [6.45, 7) is 7.34. The molecule has 164 valence electrons. The molecule has 2 aliphatic heterocycles. The fraction of sp³-hybridized carbons (Fsp3) is 0.857. The Morgan fingerprint density at radius 1 is 0.929 bits per heavy atom. The van der Waals surface area contributed by atoms with Crippen LogP contribution in [0.2, 0.25) is 0 Å². The lowest BCUT2D eigenvalue weighted by Crippen LogP contribution is -2.34. The largest absolute Gasteiger partial charge is 0.481 e. The maximum atomic E-state index is 10.5. The van der Waals surface area contributed by atoms with Crippen molar-refractivity contribution in [3.05, 3.63) is 0 Å². The summed E-state index contributed by atoms with van der Waals surface area (Å²) >= 11 is 0. The molecule has 0 radical (unpaired) electrons. The molecule has 3 atom stereocenters. The number of rotatable bonds is 11. The van der Waals surface area contributed by atoms with Gasteiger partial charge in [-0.2, -0.15) is 0 Å². The van der Waals surface area contributed by atoms with Crippen LogP contribution in [0.25, 0.3) is 0 Å². The zero-order chi connectivity index (χ0) is 21.4. The van der Waals surface area contributed by atoms with E-state index in [1.165, 1.54) is 12.8 Å². The van der Waals surface area contributed by atoms with Crippen LogP contribution < -0.4 is 0 Å². The minimum atomic E-state index is -0.893. The van der Waals surface area contributed by atoms with Crippen LogP contribution in [-0.4, -0.2) is 47.9 Å². The van der Waals surface area contributed by atoms with Crippen molar-refractivity contribution >= 4 is 17.9 Å². The molecule has 2 saturated heterocycles. The van der Waals surface area contributed by atoms with Crippen LogP contribution >= 0.6 is 0 Å². The molecular formula is C21H38O7. The van der Waals surface area contributed by atoms with Crippen LogP contribution in [0.1, 0.15) is 78.6 Å². The summed E-state index contributed by atoms with van der Waals surface area (Å²) in [6, 6.07) is 0. The van der Waals surface area contributed by atoms with Crippen molar-refractivity contribution in [1.82, 2.24) is 0 Å². The van der Waals surface area contributed by atoms with E-state index >= 15 is 0 Å². The zero-order valence-electron chi connectivity index (χ0n) is 17.7. The van der Waals surface area contributed by atoms with Gasteiger partial charge < -0.3 is 19.7 Å². The van der Waals surface area contributed by atoms with E-state index in [2.05, 4.69) is 23.3 Å². The van der Waals surface area contributed by atoms with Gasteiger partial charge in [0, 0.05) is 0 Å². The second kappa shape index (κ2) is 16.3. The van der Waals surface area contributed by atoms with Gasteiger partial charge in [-0.1, -0.05) is 59.3 Å². The lowest BCUT2D eigenvalue weighted by atomic mass is 10.0. The predicted molar refractivity (Wildman–Crippen MR) is 106 cm³/mol. The number of hydrogen-bond donors (Lipinski definition) is 2. The number of cyclic esters (lactones) is 2. The molecule has 0 aliphatic carbocycles. The van der Waals surface area contributed by atoms with Crippen LogP contribution in [0, 0.1) is 17.8 Å². The molecule has 2 N–H and O–H groups in total. The number of aliphatic hydroxyl groups is 1. The van der Waals surface area contributed by atoms with Gasteiger partial charge in [0.2, 0.25) is 0 Å². The molecule has 7 heteroatoms. The summed E-state index contributed by atoms with van der Waals surface area (Å²) < 4.78 is 9.20. The summed E-state index contributed by atoms with van der Waals surface area (Å²) in [6.07, 6.45) is 9.13. The van der Waals surface area contributed by atoms with E-state index in [-0.39, 0.29) is 30.4 Å². The Morgan fingerprint density at radius 2 is 1.36 bits per heavy atom. The van der Waals surface area contributed by atoms with Gasteiger partial charge in [0.1, 0.15) is 13.2 Å². The summed E-state index contributed by atoms with van der Waals surface area (Å²) in [5.41, 5.74) is 0. The van der Waals surface area contributed by atoms with E-state index in [0.717, 1.165) is 38.5 Å². The zero-order valence-corrected chi connectivity index (χ0v) is 17.7. The third-order valence-corrected chi connectivity index (χ3v) is 4.81. The van der Waals surface area contributed by atoms with Crippen molar-refractivity contribution in [1.29, 1.82) is 0 Å². The first kappa shape index (κ1) is 26.4. The summed E-state index contributed by atoms with van der Waals surface area (Å²) in [5.74, 6) is -0.960. The molecule has 2 aliphatic rings. The monoisotopic (exact) mass is 402 g/mol. The number of unbranched alkanes of at least 4 members (excludes halogenated alkanes) is 3. The maximum absolute atomic E-state index is 10.5. The van der Waals surface area contributed by atoms with Crippen molar-refractivity contribution in [2.75, 3.05) is 19.8 Å². The van der Waals surface area contributed by atoms with Crippen LogP contribution in [-0.2, 0) is 23.9 Å². The summed E-state index contributed by atoms with van der Waals surface area (Å²) in [7, 11) is 0. The quantitative estimate of drug-likeness (QED) is 0.508. The second-order valence-electron chi connectivity index (χ2n) is 7.30. The standard InChI is InChI=1S/C7H14O3.2C7H12O2/c1-2-3-4-6(5-8)7(9)10;2*1-2-3-4-6-5-9-7(6)8/h6,8H,2-5H2,1H3,(H,9,10);2*6H,2-5H2,1H3/t2*6-;/m01./s1. The van der Waals surface area contributed by atoms with Crippen molar-refractivity contribution < 1.29 is 34.1 Å². The summed E-state index contributed by atoms with van der Waals surface area (Å²) in [5, 5.41) is 17.0. The van der Waals surface area contributed by atoms with Gasteiger partial charge in [-0.05, 0) is 19.3 Å². The number of carboxylic acid groups (broad SMARTS) is 1. The minimum absolute atomic E-state index is 0.00319. The Hall–Kier alpha value is -1.63. The van der Waals surface area contributed by atoms with Crippen LogP contribution in [0.15, 0.2) is 0 Å². The molecule has 1 unspecified atom stereocenters. The van der Waals surface area contributed by atoms with Crippen LogP contribution in [0.5, 0.6) is 0 Å². The van der Waals surface area contributed by atoms with Gasteiger partial charge in [-0.25, -0.2) is 0 Å². The molecule has 0 aromatic carbocycles. The Morgan fingerprint density at radius 3 is 1.57 bits per heavy atom. The van der Waals surface area contributed by atoms with Crippen molar-refractivity contribution in [2.24, 2.45) is 17.8 Å². The van der Waals surface area contributed by atoms with Gasteiger partial charge in [0.25, 0.3) is 0 Å². The van der Waals surface area contributed by atoms with E-state index in [4.69, 9.17) is 10.2 Å². The third-order valence-electron chi connectivity index (χ3n) is 4.81. The van der Waals surface area contributed by atoms with E-state index in [9.17, 15) is 14.4 Å². The highest BCUT2D eigenvalue weighted by Crippen LogP contribution is 2.19. The molecule has 0 amide bonds. The summed E-state index contributed by atoms with van der Waals surface area (Å²) in [4.78, 5) is 31.3. The molecule has 2 rings (SSSR count). The number of aliphatic hydroxyl groups excluding tert-OH is 1. The highest BCUT2D eigenvalue weighted by atomic mass is 16.6. The Kier molecular flexibility index (Phi) is 15.4. The number of carbonyl (C=O) groups excluding carboxylic acids is 2. The maximum Gasteiger partial charge on any atom is 0.312 e. The average Bonchev–Trinajstić information content (AvgIpc) is 2.67. The van der Waals surface area contributed by atoms with Crippen molar-refractivity contribution in [3.63, 3.8) is 0 Å². The van der Waals surface area contributed by atoms with E-state index in [1.54, 1.807) is 0 Å². The van der Waals surface area contributed by atoms with E-state index in [1.807, 2.05) is 6.92 Å². The Labute approximate surface area is 168 Å².